The third-order valence-electron chi connectivity index (χ3n) is 3.34. The zero-order chi connectivity index (χ0) is 16.2. The molecule has 0 aliphatic heterocycles. The largest absolute Gasteiger partial charge is 0.508 e. The van der Waals surface area contributed by atoms with Gasteiger partial charge in [0.15, 0.2) is 0 Å². The predicted octanol–water partition coefficient (Wildman–Crippen LogP) is 4.34. The summed E-state index contributed by atoms with van der Waals surface area (Å²) in [5, 5.41) is 12.0. The summed E-state index contributed by atoms with van der Waals surface area (Å²) in [6, 6.07) is 14.5. The maximum atomic E-state index is 11.9. The number of aromatic hydroxyl groups is 1. The van der Waals surface area contributed by atoms with Gasteiger partial charge in [-0.2, -0.15) is 0 Å². The highest BCUT2D eigenvalue weighted by molar-refractivity contribution is 6.01. The van der Waals surface area contributed by atoms with Gasteiger partial charge in [-0.25, -0.2) is 0 Å². The van der Waals surface area contributed by atoms with E-state index in [4.69, 9.17) is 0 Å². The minimum absolute atomic E-state index is 0.0985. The normalized spacial score (nSPS) is 11.6. The molecule has 2 aromatic carbocycles. The first-order valence-corrected chi connectivity index (χ1v) is 7.23. The highest BCUT2D eigenvalue weighted by Crippen LogP contribution is 2.23. The van der Waals surface area contributed by atoms with Crippen LogP contribution in [-0.4, -0.2) is 11.0 Å². The van der Waals surface area contributed by atoms with Crippen LogP contribution in [-0.2, 0) is 10.2 Å². The molecule has 0 fully saturated rings. The maximum absolute atomic E-state index is 11.9. The fourth-order valence-electron chi connectivity index (χ4n) is 1.99. The molecule has 0 saturated carbocycles. The van der Waals surface area contributed by atoms with E-state index in [9.17, 15) is 9.90 Å². The van der Waals surface area contributed by atoms with Crippen molar-refractivity contribution < 1.29 is 9.90 Å². The summed E-state index contributed by atoms with van der Waals surface area (Å²) in [5.41, 5.74) is 2.95. The minimum Gasteiger partial charge on any atom is -0.508 e. The van der Waals surface area contributed by atoms with Crippen LogP contribution in [0.4, 0.5) is 5.69 Å². The van der Waals surface area contributed by atoms with Crippen molar-refractivity contribution in [1.29, 1.82) is 0 Å². The lowest BCUT2D eigenvalue weighted by molar-refractivity contribution is -0.111. The molecule has 0 heterocycles. The molecular formula is C19H21NO2. The third kappa shape index (κ3) is 4.48. The Morgan fingerprint density at radius 1 is 1.00 bits per heavy atom. The Bertz CT molecular complexity index is 662. The van der Waals surface area contributed by atoms with Crippen LogP contribution in [0.1, 0.15) is 31.9 Å². The van der Waals surface area contributed by atoms with Crippen molar-refractivity contribution >= 4 is 17.7 Å². The van der Waals surface area contributed by atoms with E-state index in [0.29, 0.717) is 0 Å². The average Bonchev–Trinajstić information content (AvgIpc) is 2.46. The Morgan fingerprint density at radius 3 is 2.14 bits per heavy atom. The van der Waals surface area contributed by atoms with E-state index in [1.807, 2.05) is 24.3 Å². The number of phenolic OH excluding ortho intramolecular Hbond substituents is 1. The number of amides is 1. The van der Waals surface area contributed by atoms with E-state index in [1.54, 1.807) is 30.3 Å². The molecule has 0 bridgehead atoms. The SMILES string of the molecule is CC(C)(C)c1ccc(NC(=O)/C=C/c2ccc(O)cc2)cc1. The van der Waals surface area contributed by atoms with Crippen LogP contribution in [0, 0.1) is 0 Å². The monoisotopic (exact) mass is 295 g/mol. The number of carbonyl (C=O) groups excluding carboxylic acids is 1. The molecule has 114 valence electrons. The van der Waals surface area contributed by atoms with Gasteiger partial charge >= 0.3 is 0 Å². The number of rotatable bonds is 3. The zero-order valence-electron chi connectivity index (χ0n) is 13.1. The second-order valence-corrected chi connectivity index (χ2v) is 6.24. The number of phenols is 1. The summed E-state index contributed by atoms with van der Waals surface area (Å²) in [4.78, 5) is 11.9. The number of hydrogen-bond acceptors (Lipinski definition) is 2. The van der Waals surface area contributed by atoms with Gasteiger partial charge in [0.2, 0.25) is 5.91 Å². The van der Waals surface area contributed by atoms with Crippen LogP contribution < -0.4 is 5.32 Å². The summed E-state index contributed by atoms with van der Waals surface area (Å²) >= 11 is 0. The van der Waals surface area contributed by atoms with Gasteiger partial charge < -0.3 is 10.4 Å². The summed E-state index contributed by atoms with van der Waals surface area (Å²) in [6.07, 6.45) is 3.18. The second-order valence-electron chi connectivity index (χ2n) is 6.24. The Morgan fingerprint density at radius 2 is 1.59 bits per heavy atom. The summed E-state index contributed by atoms with van der Waals surface area (Å²) in [5.74, 6) is 0.0251. The van der Waals surface area contributed by atoms with Crippen molar-refractivity contribution in [1.82, 2.24) is 0 Å². The molecule has 2 rings (SSSR count). The molecule has 0 aromatic heterocycles. The molecule has 1 amide bonds. The molecule has 2 N–H and O–H groups in total. The van der Waals surface area contributed by atoms with E-state index < -0.39 is 0 Å². The molecule has 3 heteroatoms. The molecule has 2 aromatic rings. The Balaban J connectivity index is 1.98. The van der Waals surface area contributed by atoms with Gasteiger partial charge in [0.25, 0.3) is 0 Å². The molecule has 3 nitrogen and oxygen atoms in total. The number of carbonyl (C=O) groups is 1. The maximum Gasteiger partial charge on any atom is 0.248 e. The van der Waals surface area contributed by atoms with Crippen molar-refractivity contribution in [3.8, 4) is 5.75 Å². The van der Waals surface area contributed by atoms with Crippen LogP contribution >= 0.6 is 0 Å². The lowest BCUT2D eigenvalue weighted by Crippen LogP contribution is -2.12. The highest BCUT2D eigenvalue weighted by atomic mass is 16.3. The Labute approximate surface area is 131 Å². The van der Waals surface area contributed by atoms with Gasteiger partial charge in [-0.1, -0.05) is 45.0 Å². The van der Waals surface area contributed by atoms with Gasteiger partial charge in [-0.05, 0) is 46.9 Å². The zero-order valence-corrected chi connectivity index (χ0v) is 13.1. The van der Waals surface area contributed by atoms with Crippen LogP contribution in [0.15, 0.2) is 54.6 Å². The second kappa shape index (κ2) is 6.48. The first-order chi connectivity index (χ1) is 10.3. The van der Waals surface area contributed by atoms with Crippen molar-refractivity contribution in [2.45, 2.75) is 26.2 Å². The van der Waals surface area contributed by atoms with Crippen molar-refractivity contribution in [3.63, 3.8) is 0 Å². The fourth-order valence-corrected chi connectivity index (χ4v) is 1.99. The lowest BCUT2D eigenvalue weighted by atomic mass is 9.87. The molecular weight excluding hydrogens is 274 g/mol. The minimum atomic E-state index is -0.184. The van der Waals surface area contributed by atoms with Gasteiger partial charge in [-0.3, -0.25) is 4.79 Å². The molecule has 0 unspecified atom stereocenters. The van der Waals surface area contributed by atoms with E-state index >= 15 is 0 Å². The van der Waals surface area contributed by atoms with Crippen LogP contribution in [0.25, 0.3) is 6.08 Å². The molecule has 0 spiro atoms. The van der Waals surface area contributed by atoms with Gasteiger partial charge in [0.1, 0.15) is 5.75 Å². The van der Waals surface area contributed by atoms with Crippen LogP contribution in [0.5, 0.6) is 5.75 Å². The first kappa shape index (κ1) is 15.8. The molecule has 22 heavy (non-hydrogen) atoms. The average molecular weight is 295 g/mol. The molecule has 0 saturated heterocycles. The van der Waals surface area contributed by atoms with Crippen molar-refractivity contribution in [2.24, 2.45) is 0 Å². The van der Waals surface area contributed by atoms with E-state index in [0.717, 1.165) is 11.3 Å². The topological polar surface area (TPSA) is 49.3 Å². The lowest BCUT2D eigenvalue weighted by Gasteiger charge is -2.19. The standard InChI is InChI=1S/C19H21NO2/c1-19(2,3)15-7-9-16(10-8-15)20-18(22)13-6-14-4-11-17(21)12-5-14/h4-13,21H,1-3H3,(H,20,22)/b13-6+. The Kier molecular flexibility index (Phi) is 4.66. The number of benzene rings is 2. The van der Waals surface area contributed by atoms with Gasteiger partial charge in [0, 0.05) is 11.8 Å². The third-order valence-corrected chi connectivity index (χ3v) is 3.34. The first-order valence-electron chi connectivity index (χ1n) is 7.23. The number of anilines is 1. The molecule has 0 aliphatic rings. The van der Waals surface area contributed by atoms with E-state index in [1.165, 1.54) is 11.6 Å². The summed E-state index contributed by atoms with van der Waals surface area (Å²) < 4.78 is 0. The summed E-state index contributed by atoms with van der Waals surface area (Å²) in [7, 11) is 0. The number of hydrogen-bond donors (Lipinski definition) is 2. The number of nitrogens with one attached hydrogen (secondary N) is 1. The molecule has 0 atom stereocenters. The predicted molar refractivity (Wildman–Crippen MR) is 90.9 cm³/mol. The summed E-state index contributed by atoms with van der Waals surface area (Å²) in [6.45, 7) is 6.46. The molecule has 0 aliphatic carbocycles. The van der Waals surface area contributed by atoms with Crippen LogP contribution in [0.3, 0.4) is 0 Å². The van der Waals surface area contributed by atoms with Crippen molar-refractivity contribution in [2.75, 3.05) is 5.32 Å². The smallest absolute Gasteiger partial charge is 0.248 e. The fraction of sp³-hybridized carbons (Fsp3) is 0.211. The highest BCUT2D eigenvalue weighted by Gasteiger charge is 2.12. The quantitative estimate of drug-likeness (QED) is 0.827. The van der Waals surface area contributed by atoms with Crippen molar-refractivity contribution in [3.05, 3.63) is 65.7 Å². The van der Waals surface area contributed by atoms with E-state index in [2.05, 4.69) is 26.1 Å². The van der Waals surface area contributed by atoms with Crippen LogP contribution in [0.2, 0.25) is 0 Å². The van der Waals surface area contributed by atoms with Gasteiger partial charge in [-0.15, -0.1) is 0 Å². The van der Waals surface area contributed by atoms with E-state index in [-0.39, 0.29) is 17.1 Å². The Hall–Kier alpha value is -2.55. The molecule has 0 radical (unpaired) electrons. The van der Waals surface area contributed by atoms with Gasteiger partial charge in [0.05, 0.1) is 0 Å².